The zero-order valence-electron chi connectivity index (χ0n) is 42.3. The number of hydrogen-bond donors (Lipinski definition) is 0. The molecule has 0 amide bonds. The van der Waals surface area contributed by atoms with Crippen molar-refractivity contribution in [2.45, 2.75) is 0 Å². The molecule has 0 spiro atoms. The first-order valence-electron chi connectivity index (χ1n) is 23.7. The fourth-order valence-corrected chi connectivity index (χ4v) is 12.1. The Kier molecular flexibility index (Phi) is 13.6. The first-order chi connectivity index (χ1) is 37.3. The average Bonchev–Trinajstić information content (AvgIpc) is 2.49. The lowest BCUT2D eigenvalue weighted by Gasteiger charge is -2.35. The largest absolute Gasteiger partial charge is 0.115 e. The van der Waals surface area contributed by atoms with Gasteiger partial charge in [0.05, 0.1) is 0 Å². The molecule has 0 aliphatic heterocycles. The smallest absolute Gasteiger partial charge is 0.112 e. The van der Waals surface area contributed by atoms with Gasteiger partial charge in [0.1, 0.15) is 235 Å². The lowest BCUT2D eigenvalue weighted by molar-refractivity contribution is 1.76. The molecule has 30 heteroatoms. The van der Waals surface area contributed by atoms with Gasteiger partial charge in [-0.1, -0.05) is 137 Å². The molecular formula is C50B30. The molecule has 290 valence electrons. The SMILES string of the molecule is [B]c1c([B])c([B])c(-c2c([B])c([B])c(-c3c([B])c([B])c(-c4c([B])c([B])c5c([B])c([B])c6c([B])c([B])c([B])c7c([B])c([B])c4c5c67)c([B])c3[B])c([B])c2-c2c([B])c([B])c3c([B])c([B])c4c([B])c([B])c([B])c5c([B])c([B])c2c3c45)c([B])c1[B]. The molecule has 0 fully saturated rings. The van der Waals surface area contributed by atoms with E-state index in [4.69, 9.17) is 235 Å². The third-order valence-corrected chi connectivity index (χ3v) is 16.2. The van der Waals surface area contributed by atoms with Crippen molar-refractivity contribution in [2.75, 3.05) is 0 Å². The molecule has 0 aliphatic rings. The minimum absolute atomic E-state index is 0.0000320. The van der Waals surface area contributed by atoms with Gasteiger partial charge in [0.25, 0.3) is 0 Å². The average molecular weight is 925 g/mol. The minimum atomic E-state index is -0.315. The monoisotopic (exact) mass is 930 g/mol. The van der Waals surface area contributed by atoms with E-state index in [1.54, 1.807) is 0 Å². The maximum absolute atomic E-state index is 7.56. The van der Waals surface area contributed by atoms with Gasteiger partial charge in [-0.25, -0.2) is 0 Å². The van der Waals surface area contributed by atoms with Crippen molar-refractivity contribution >= 4 is 464 Å². The van der Waals surface area contributed by atoms with Gasteiger partial charge in [0.15, 0.2) is 0 Å². The third-order valence-electron chi connectivity index (χ3n) is 16.2. The fraction of sp³-hybridized carbons (Fsp3) is 0. The van der Waals surface area contributed by atoms with Gasteiger partial charge >= 0.3 is 0 Å². The first-order valence-corrected chi connectivity index (χ1v) is 23.7. The van der Waals surface area contributed by atoms with E-state index in [0.717, 1.165) is 0 Å². The van der Waals surface area contributed by atoms with Crippen LogP contribution in [0, 0.1) is 0 Å². The quantitative estimate of drug-likeness (QED) is 0.122. The van der Waals surface area contributed by atoms with Gasteiger partial charge < -0.3 is 0 Å². The van der Waals surface area contributed by atoms with Crippen molar-refractivity contribution in [1.29, 1.82) is 0 Å². The third kappa shape index (κ3) is 6.95. The molecule has 80 heavy (non-hydrogen) atoms. The summed E-state index contributed by atoms with van der Waals surface area (Å²) in [6.07, 6.45) is 0. The predicted octanol–water partition coefficient (Wildman–Crippen LogP) is -22.0. The van der Waals surface area contributed by atoms with E-state index in [9.17, 15) is 0 Å². The van der Waals surface area contributed by atoms with E-state index in [-0.39, 0.29) is 268 Å². The number of rotatable bonds is 4. The Balaban J connectivity index is 1.34. The molecule has 0 saturated heterocycles. The summed E-state index contributed by atoms with van der Waals surface area (Å²) in [5.74, 6) is 0. The Hall–Kier alpha value is -4.55. The van der Waals surface area contributed by atoms with Gasteiger partial charge in [-0.2, -0.15) is 0 Å². The molecule has 0 unspecified atom stereocenters. The van der Waals surface area contributed by atoms with Crippen LogP contribution in [0.15, 0.2) is 0 Å². The molecule has 0 bridgehead atoms. The molecule has 11 aromatic carbocycles. The van der Waals surface area contributed by atoms with Crippen LogP contribution in [0.2, 0.25) is 0 Å². The highest BCUT2D eigenvalue weighted by Crippen LogP contribution is 2.38. The molecule has 0 aliphatic carbocycles. The number of benzene rings is 11. The second kappa shape index (κ2) is 19.0. The van der Waals surface area contributed by atoms with Crippen molar-refractivity contribution in [3.63, 3.8) is 0 Å². The normalized spacial score (nSPS) is 12.0. The van der Waals surface area contributed by atoms with Crippen molar-refractivity contribution in [3.8, 4) is 44.5 Å². The summed E-state index contributed by atoms with van der Waals surface area (Å²) in [5, 5.41) is 2.22. The van der Waals surface area contributed by atoms with Crippen molar-refractivity contribution in [2.24, 2.45) is 0 Å². The lowest BCUT2D eigenvalue weighted by Crippen LogP contribution is -2.56. The first kappa shape index (κ1) is 57.3. The summed E-state index contributed by atoms with van der Waals surface area (Å²) in [7, 11) is 206. The van der Waals surface area contributed by atoms with Crippen LogP contribution in [0.5, 0.6) is 0 Å². The van der Waals surface area contributed by atoms with Gasteiger partial charge in [-0.05, 0) is 109 Å². The highest BCUT2D eigenvalue weighted by molar-refractivity contribution is 6.79. The van der Waals surface area contributed by atoms with E-state index < -0.39 is 0 Å². The van der Waals surface area contributed by atoms with Gasteiger partial charge in [0.2, 0.25) is 0 Å². The standard InChI is InChI=1S/C50B30/c51-21-7(8-5-1-3-13(29(59)22(5)52)40(70)46(76)42(72)15(3)33(63)31(61)11(1)27(57)24(8)54)10(18-44(74)48(78)50(80)49(79)45(18)75)26(56)37(67)19(21)20-38(68)35(65)17(36(66)39(20)69)9-6-2-4-14(30(60)23(6)53)41(71)47(77)43(73)16(4)34(64)32(62)12(2)28(58)25(9)55. The minimum Gasteiger partial charge on any atom is -0.112 e. The Morgan fingerprint density at radius 3 is 0.500 bits per heavy atom. The molecule has 0 heterocycles. The van der Waals surface area contributed by atoms with Crippen LogP contribution in [0.3, 0.4) is 0 Å². The van der Waals surface area contributed by atoms with Crippen LogP contribution in [-0.4, -0.2) is 235 Å². The molecule has 0 saturated carbocycles. The van der Waals surface area contributed by atoms with Crippen molar-refractivity contribution in [1.82, 2.24) is 0 Å². The number of hydrogen-bond acceptors (Lipinski definition) is 0. The Labute approximate surface area is 504 Å². The second-order valence-corrected chi connectivity index (χ2v) is 19.9. The molecule has 0 N–H and O–H groups in total. The van der Waals surface area contributed by atoms with Crippen LogP contribution >= 0.6 is 0 Å². The Morgan fingerprint density at radius 1 is 0.0750 bits per heavy atom. The lowest BCUT2D eigenvalue weighted by atomic mass is 9.54. The summed E-state index contributed by atoms with van der Waals surface area (Å²) >= 11 is 0. The predicted molar refractivity (Wildman–Crippen MR) is 377 cm³/mol. The van der Waals surface area contributed by atoms with E-state index >= 15 is 0 Å². The summed E-state index contributed by atoms with van der Waals surface area (Å²) in [5.41, 5.74) is -5.26. The van der Waals surface area contributed by atoms with Crippen LogP contribution in [-0.2, 0) is 0 Å². The van der Waals surface area contributed by atoms with E-state index in [2.05, 4.69) is 0 Å². The van der Waals surface area contributed by atoms with Crippen molar-refractivity contribution < 1.29 is 0 Å². The zero-order chi connectivity index (χ0) is 58.9. The highest BCUT2D eigenvalue weighted by atomic mass is 14.3. The van der Waals surface area contributed by atoms with Crippen LogP contribution in [0.25, 0.3) is 109 Å². The van der Waals surface area contributed by atoms with Crippen molar-refractivity contribution in [3.05, 3.63) is 0 Å². The fourth-order valence-electron chi connectivity index (χ4n) is 12.1. The van der Waals surface area contributed by atoms with Crippen LogP contribution in [0.1, 0.15) is 0 Å². The van der Waals surface area contributed by atoms with Gasteiger partial charge in [-0.3, -0.25) is 0 Å². The van der Waals surface area contributed by atoms with Crippen LogP contribution < -0.4 is 164 Å². The van der Waals surface area contributed by atoms with Crippen LogP contribution in [0.4, 0.5) is 0 Å². The molecule has 0 aromatic heterocycles. The Bertz CT molecular complexity index is 4700. The summed E-state index contributed by atoms with van der Waals surface area (Å²) in [6.45, 7) is 0. The van der Waals surface area contributed by atoms with E-state index in [0.29, 0.717) is 5.39 Å². The Morgan fingerprint density at radius 2 is 0.200 bits per heavy atom. The molecule has 0 nitrogen and oxygen atoms in total. The summed E-state index contributed by atoms with van der Waals surface area (Å²) < 4.78 is 0. The molecule has 60 radical (unpaired) electrons. The maximum Gasteiger partial charge on any atom is 0.115 e. The maximum atomic E-state index is 7.56. The summed E-state index contributed by atoms with van der Waals surface area (Å²) in [4.78, 5) is 0. The van der Waals surface area contributed by atoms with E-state index in [1.165, 1.54) is 0 Å². The molecule has 11 rings (SSSR count). The second-order valence-electron chi connectivity index (χ2n) is 19.9. The molecular weight excluding hydrogens is 925 g/mol. The van der Waals surface area contributed by atoms with Gasteiger partial charge in [0, 0.05) is 0 Å². The van der Waals surface area contributed by atoms with Gasteiger partial charge in [-0.15, -0.1) is 27.3 Å². The zero-order valence-corrected chi connectivity index (χ0v) is 42.3. The molecule has 0 atom stereocenters. The summed E-state index contributed by atoms with van der Waals surface area (Å²) in [6, 6.07) is 0. The van der Waals surface area contributed by atoms with E-state index in [1.807, 2.05) is 0 Å². The molecule has 11 aromatic rings. The topological polar surface area (TPSA) is 0 Å². The highest BCUT2D eigenvalue weighted by Gasteiger charge is 2.32.